The van der Waals surface area contributed by atoms with Crippen molar-refractivity contribution in [2.45, 2.75) is 44.5 Å². The van der Waals surface area contributed by atoms with E-state index < -0.39 is 61.9 Å². The topological polar surface area (TPSA) is 110 Å². The molecule has 1 heterocycles. The number of aromatic nitrogens is 1. The summed E-state index contributed by atoms with van der Waals surface area (Å²) in [6, 6.07) is 17.8. The van der Waals surface area contributed by atoms with Crippen molar-refractivity contribution in [3.05, 3.63) is 95.7 Å². The van der Waals surface area contributed by atoms with Crippen LogP contribution in [-0.2, 0) is 25.5 Å². The van der Waals surface area contributed by atoms with E-state index in [9.17, 15) is 14.4 Å². The summed E-state index contributed by atoms with van der Waals surface area (Å²) >= 11 is 0. The van der Waals surface area contributed by atoms with E-state index in [1.54, 1.807) is 30.5 Å². The number of methoxy groups -OCH3 is 1. The first-order chi connectivity index (χ1) is 23.4. The minimum absolute atomic E-state index is 0.187. The molecule has 8 nitrogen and oxygen atoms in total. The number of carbonyl (C=O) groups excluding carboxylic acids is 3. The average Bonchev–Trinajstić information content (AvgIpc) is 3.62. The third kappa shape index (κ3) is 6.11. The number of fused-ring (bicyclic) bond motifs is 4. The van der Waals surface area contributed by atoms with Crippen LogP contribution in [0.15, 0.2) is 79.0 Å². The monoisotopic (exact) mass is 571 g/mol. The molecule has 1 aromatic heterocycles. The summed E-state index contributed by atoms with van der Waals surface area (Å²) in [7, 11) is 1.06. The predicted molar refractivity (Wildman–Crippen MR) is 157 cm³/mol. The number of alkyl carbamates (subject to hydrolysis) is 1. The molecule has 212 valence electrons. The molecule has 0 saturated heterocycles. The molecule has 1 aliphatic rings. The van der Waals surface area contributed by atoms with E-state index in [-0.39, 0.29) is 13.0 Å². The molecule has 0 bridgehead atoms. The van der Waals surface area contributed by atoms with E-state index >= 15 is 0 Å². The molecular formula is C33H35N3O5. The predicted octanol–water partition coefficient (Wildman–Crippen LogP) is 5.32. The Hall–Kier alpha value is -4.59. The van der Waals surface area contributed by atoms with Crippen LogP contribution < -0.4 is 10.6 Å². The van der Waals surface area contributed by atoms with Gasteiger partial charge in [0, 0.05) is 41.8 Å². The van der Waals surface area contributed by atoms with Crippen molar-refractivity contribution >= 4 is 28.9 Å². The molecule has 0 saturated carbocycles. The molecule has 0 unspecified atom stereocenters. The van der Waals surface area contributed by atoms with Gasteiger partial charge in [-0.3, -0.25) is 4.79 Å². The lowest BCUT2D eigenvalue weighted by atomic mass is 9.98. The minimum Gasteiger partial charge on any atom is -0.467 e. The first-order valence-corrected chi connectivity index (χ1v) is 13.0. The Morgan fingerprint density at radius 1 is 0.951 bits per heavy atom. The van der Waals surface area contributed by atoms with Gasteiger partial charge < -0.3 is 25.1 Å². The van der Waals surface area contributed by atoms with Crippen LogP contribution in [0.2, 0.25) is 0 Å². The molecule has 5 rings (SSSR count). The van der Waals surface area contributed by atoms with Gasteiger partial charge in [0.15, 0.2) is 0 Å². The maximum atomic E-state index is 13.9. The Kier molecular flexibility index (Phi) is 5.61. The maximum Gasteiger partial charge on any atom is 0.407 e. The van der Waals surface area contributed by atoms with Gasteiger partial charge >= 0.3 is 12.1 Å². The molecule has 0 radical (unpaired) electrons. The fourth-order valence-corrected chi connectivity index (χ4v) is 5.18. The summed E-state index contributed by atoms with van der Waals surface area (Å²) in [4.78, 5) is 43.3. The van der Waals surface area contributed by atoms with Gasteiger partial charge in [-0.2, -0.15) is 0 Å². The number of rotatable bonds is 10. The smallest absolute Gasteiger partial charge is 0.407 e. The van der Waals surface area contributed by atoms with Gasteiger partial charge in [-0.05, 0) is 46.2 Å². The van der Waals surface area contributed by atoms with Crippen molar-refractivity contribution in [1.82, 2.24) is 15.6 Å². The molecule has 2 atom stereocenters. The Morgan fingerprint density at radius 2 is 1.61 bits per heavy atom. The zero-order valence-electron chi connectivity index (χ0n) is 31.2. The summed E-state index contributed by atoms with van der Waals surface area (Å²) in [5, 5.41) is 5.00. The van der Waals surface area contributed by atoms with E-state index in [0.29, 0.717) is 10.9 Å². The molecule has 0 aliphatic heterocycles. The number of aromatic amines is 1. The number of carbonyl (C=O) groups is 3. The van der Waals surface area contributed by atoms with Gasteiger partial charge in [-0.1, -0.05) is 80.4 Å². The number of esters is 1. The van der Waals surface area contributed by atoms with Crippen molar-refractivity contribution in [2.75, 3.05) is 13.7 Å². The number of nitrogens with one attached hydrogen (secondary N) is 3. The SMILES string of the molecule is [3H]C([3H])([3H])C([3H])(C([3H])([3H])[3H])C([3H])([3H])[C@H](NC(=O)OCC1c2ccccc2-c2ccccc21)C(=O)N[C@@H](Cc1c[nH]c2ccccc12)C(=O)OC. The van der Waals surface area contributed by atoms with E-state index in [0.717, 1.165) is 34.9 Å². The zero-order valence-corrected chi connectivity index (χ0v) is 22.2. The van der Waals surface area contributed by atoms with E-state index in [1.807, 2.05) is 53.8 Å². The lowest BCUT2D eigenvalue weighted by Gasteiger charge is -2.23. The first-order valence-electron chi connectivity index (χ1n) is 17.5. The van der Waals surface area contributed by atoms with Gasteiger partial charge in [-0.25, -0.2) is 9.59 Å². The summed E-state index contributed by atoms with van der Waals surface area (Å²) in [6.07, 6.45) is -3.79. The van der Waals surface area contributed by atoms with E-state index in [4.69, 9.17) is 21.8 Å². The Balaban J connectivity index is 1.46. The van der Waals surface area contributed by atoms with Crippen molar-refractivity contribution in [2.24, 2.45) is 5.89 Å². The molecule has 1 aliphatic carbocycles. The normalized spacial score (nSPS) is 18.2. The summed E-state index contributed by atoms with van der Waals surface area (Å²) in [5.74, 6) is -6.84. The highest BCUT2D eigenvalue weighted by atomic mass is 16.5. The van der Waals surface area contributed by atoms with E-state index in [1.165, 1.54) is 0 Å². The first kappa shape index (κ1) is 18.7. The highest BCUT2D eigenvalue weighted by Gasteiger charge is 2.31. The van der Waals surface area contributed by atoms with Crippen LogP contribution in [0.3, 0.4) is 0 Å². The summed E-state index contributed by atoms with van der Waals surface area (Å²) in [5.41, 5.74) is 4.81. The molecule has 2 amide bonds. The van der Waals surface area contributed by atoms with Crippen LogP contribution >= 0.6 is 0 Å². The van der Waals surface area contributed by atoms with Gasteiger partial charge in [0.1, 0.15) is 18.7 Å². The summed E-state index contributed by atoms with van der Waals surface area (Å²) < 4.78 is 83.8. The van der Waals surface area contributed by atoms with Crippen LogP contribution in [0.1, 0.15) is 55.0 Å². The highest BCUT2D eigenvalue weighted by Crippen LogP contribution is 2.44. The van der Waals surface area contributed by atoms with Gasteiger partial charge in [0.25, 0.3) is 0 Å². The lowest BCUT2D eigenvalue weighted by molar-refractivity contribution is -0.145. The van der Waals surface area contributed by atoms with Crippen LogP contribution in [-0.4, -0.2) is 48.8 Å². The standard InChI is InChI=1S/C33H35N3O5/c1-20(2)16-29(31(37)35-30(32(38)40-3)17-21-18-34-28-15-9-8-10-22(21)28)36-33(39)41-19-27-25-13-6-4-11-23(25)24-12-5-7-14-26(24)27/h4-15,18,20,27,29-30,34H,16-17,19H2,1-3H3,(H,35,37)(H,36,39)/t29-,30-/m0/s1/i1T3,2T3,16T2,20T. The number of benzene rings is 3. The fourth-order valence-electron chi connectivity index (χ4n) is 5.18. The molecular weight excluding hydrogens is 518 g/mol. The Bertz CT molecular complexity index is 1850. The zero-order chi connectivity index (χ0) is 36.6. The molecule has 8 heteroatoms. The van der Waals surface area contributed by atoms with Gasteiger partial charge in [-0.15, -0.1) is 0 Å². The fraction of sp³-hybridized carbons (Fsp3) is 0.303. The molecule has 3 aromatic carbocycles. The Labute approximate surface area is 252 Å². The number of hydrogen-bond acceptors (Lipinski definition) is 5. The Morgan fingerprint density at radius 3 is 2.29 bits per heavy atom. The third-order valence-electron chi connectivity index (χ3n) is 7.06. The van der Waals surface area contributed by atoms with Crippen molar-refractivity contribution < 1.29 is 36.2 Å². The number of ether oxygens (including phenoxy) is 2. The van der Waals surface area contributed by atoms with Gasteiger partial charge in [0.2, 0.25) is 5.91 Å². The summed E-state index contributed by atoms with van der Waals surface area (Å²) in [6.45, 7) is -7.93. The van der Waals surface area contributed by atoms with Crippen LogP contribution in [0.4, 0.5) is 4.79 Å². The number of amides is 2. The van der Waals surface area contributed by atoms with Crippen LogP contribution in [0.5, 0.6) is 0 Å². The van der Waals surface area contributed by atoms with Crippen LogP contribution in [0, 0.1) is 5.89 Å². The lowest BCUT2D eigenvalue weighted by Crippen LogP contribution is -2.53. The largest absolute Gasteiger partial charge is 0.467 e. The minimum atomic E-state index is -3.94. The highest BCUT2D eigenvalue weighted by molar-refractivity contribution is 5.91. The average molecular weight is 572 g/mol. The molecule has 0 fully saturated rings. The second kappa shape index (κ2) is 12.3. The molecule has 41 heavy (non-hydrogen) atoms. The van der Waals surface area contributed by atoms with Crippen LogP contribution in [0.25, 0.3) is 22.0 Å². The molecule has 0 spiro atoms. The third-order valence-corrected chi connectivity index (χ3v) is 7.06. The number of hydrogen-bond donors (Lipinski definition) is 3. The maximum absolute atomic E-state index is 13.9. The van der Waals surface area contributed by atoms with Crippen molar-refractivity contribution in [1.29, 1.82) is 0 Å². The quantitative estimate of drug-likeness (QED) is 0.223. The molecule has 4 aromatic rings. The van der Waals surface area contributed by atoms with Crippen molar-refractivity contribution in [3.8, 4) is 11.1 Å². The van der Waals surface area contributed by atoms with E-state index in [2.05, 4.69) is 10.3 Å². The molecule has 3 N–H and O–H groups in total. The van der Waals surface area contributed by atoms with Gasteiger partial charge in [0.05, 0.1) is 7.11 Å². The number of H-pyrrole nitrogens is 1. The van der Waals surface area contributed by atoms with Crippen molar-refractivity contribution in [3.63, 3.8) is 0 Å². The number of para-hydroxylation sites is 1. The second-order valence-electron chi connectivity index (χ2n) is 9.57. The second-order valence-corrected chi connectivity index (χ2v) is 9.57.